The van der Waals surface area contributed by atoms with Crippen molar-refractivity contribution in [2.45, 2.75) is 11.4 Å². The fourth-order valence-electron chi connectivity index (χ4n) is 3.05. The van der Waals surface area contributed by atoms with E-state index in [1.807, 2.05) is 0 Å². The molecule has 7 nitrogen and oxygen atoms in total. The molecule has 0 fully saturated rings. The Balaban J connectivity index is 1.92. The highest BCUT2D eigenvalue weighted by Crippen LogP contribution is 2.32. The molecule has 10 heteroatoms. The number of hydrogen-bond acceptors (Lipinski definition) is 5. The van der Waals surface area contributed by atoms with Crippen LogP contribution in [0.15, 0.2) is 71.6 Å². The fourth-order valence-corrected chi connectivity index (χ4v) is 4.62. The van der Waals surface area contributed by atoms with Gasteiger partial charge in [-0.2, -0.15) is 0 Å². The SMILES string of the molecule is COc1ccc(S(=O)(=O)N(CC(=O)NCc2ccc(Cl)cc2)c2ccccc2F)cc1OC. The molecule has 0 atom stereocenters. The van der Waals surface area contributed by atoms with Gasteiger partial charge < -0.3 is 14.8 Å². The molecule has 0 saturated carbocycles. The van der Waals surface area contributed by atoms with E-state index in [-0.39, 0.29) is 22.9 Å². The molecule has 0 spiro atoms. The molecule has 3 rings (SSSR count). The molecular formula is C23H22ClFN2O5S. The van der Waals surface area contributed by atoms with Gasteiger partial charge in [-0.15, -0.1) is 0 Å². The molecule has 174 valence electrons. The Bertz CT molecular complexity index is 1240. The van der Waals surface area contributed by atoms with Gasteiger partial charge in [-0.05, 0) is 42.0 Å². The van der Waals surface area contributed by atoms with Crippen molar-refractivity contribution in [1.29, 1.82) is 0 Å². The number of hydrogen-bond donors (Lipinski definition) is 1. The quantitative estimate of drug-likeness (QED) is 0.488. The Hall–Kier alpha value is -3.30. The maximum absolute atomic E-state index is 14.6. The molecule has 0 aliphatic carbocycles. The Kier molecular flexibility index (Phi) is 7.78. The number of para-hydroxylation sites is 1. The number of ether oxygens (including phenoxy) is 2. The van der Waals surface area contributed by atoms with Crippen LogP contribution in [-0.2, 0) is 21.4 Å². The van der Waals surface area contributed by atoms with Gasteiger partial charge in [0.05, 0.1) is 24.8 Å². The predicted molar refractivity (Wildman–Crippen MR) is 124 cm³/mol. The second-order valence-corrected chi connectivity index (χ2v) is 9.18. The smallest absolute Gasteiger partial charge is 0.265 e. The molecule has 0 aliphatic rings. The van der Waals surface area contributed by atoms with Gasteiger partial charge in [0.15, 0.2) is 11.5 Å². The first kappa shape index (κ1) is 24.3. The molecule has 0 bridgehead atoms. The minimum Gasteiger partial charge on any atom is -0.493 e. The third-order valence-corrected chi connectivity index (χ3v) is 6.76. The number of nitrogens with one attached hydrogen (secondary N) is 1. The van der Waals surface area contributed by atoms with Crippen molar-refractivity contribution >= 4 is 33.2 Å². The van der Waals surface area contributed by atoms with Gasteiger partial charge in [0.25, 0.3) is 10.0 Å². The number of rotatable bonds is 9. The zero-order chi connectivity index (χ0) is 24.0. The summed E-state index contributed by atoms with van der Waals surface area (Å²) < 4.78 is 52.6. The van der Waals surface area contributed by atoms with E-state index in [1.54, 1.807) is 24.3 Å². The highest BCUT2D eigenvalue weighted by molar-refractivity contribution is 7.92. The minimum absolute atomic E-state index is 0.150. The number of carbonyl (C=O) groups is 1. The monoisotopic (exact) mass is 492 g/mol. The number of carbonyl (C=O) groups excluding carboxylic acids is 1. The lowest BCUT2D eigenvalue weighted by atomic mass is 10.2. The third-order valence-electron chi connectivity index (χ3n) is 4.75. The van der Waals surface area contributed by atoms with Crippen LogP contribution in [0.1, 0.15) is 5.56 Å². The average Bonchev–Trinajstić information content (AvgIpc) is 2.82. The largest absolute Gasteiger partial charge is 0.493 e. The maximum Gasteiger partial charge on any atom is 0.265 e. The lowest BCUT2D eigenvalue weighted by molar-refractivity contribution is -0.119. The first-order valence-electron chi connectivity index (χ1n) is 9.76. The van der Waals surface area contributed by atoms with E-state index in [4.69, 9.17) is 21.1 Å². The topological polar surface area (TPSA) is 84.9 Å². The van der Waals surface area contributed by atoms with Crippen molar-refractivity contribution in [2.75, 3.05) is 25.1 Å². The van der Waals surface area contributed by atoms with Gasteiger partial charge in [-0.25, -0.2) is 12.8 Å². The van der Waals surface area contributed by atoms with Crippen LogP contribution < -0.4 is 19.1 Å². The van der Waals surface area contributed by atoms with Crippen molar-refractivity contribution in [1.82, 2.24) is 5.32 Å². The molecule has 33 heavy (non-hydrogen) atoms. The predicted octanol–water partition coefficient (Wildman–Crippen LogP) is 4.01. The van der Waals surface area contributed by atoms with E-state index >= 15 is 0 Å². The molecular weight excluding hydrogens is 471 g/mol. The van der Waals surface area contributed by atoms with E-state index in [9.17, 15) is 17.6 Å². The van der Waals surface area contributed by atoms with E-state index in [1.165, 1.54) is 50.6 Å². The third kappa shape index (κ3) is 5.74. The summed E-state index contributed by atoms with van der Waals surface area (Å²) in [7, 11) is -1.55. The summed E-state index contributed by atoms with van der Waals surface area (Å²) in [4.78, 5) is 12.5. The van der Waals surface area contributed by atoms with Crippen LogP contribution in [0.5, 0.6) is 11.5 Å². The highest BCUT2D eigenvalue weighted by Gasteiger charge is 2.30. The molecule has 0 aromatic heterocycles. The van der Waals surface area contributed by atoms with E-state index in [2.05, 4.69) is 5.32 Å². The molecule has 3 aromatic carbocycles. The molecule has 0 radical (unpaired) electrons. The van der Waals surface area contributed by atoms with Crippen LogP contribution in [0.2, 0.25) is 5.02 Å². The Morgan fingerprint density at radius 1 is 1.00 bits per heavy atom. The fraction of sp³-hybridized carbons (Fsp3) is 0.174. The Morgan fingerprint density at radius 3 is 2.30 bits per heavy atom. The average molecular weight is 493 g/mol. The summed E-state index contributed by atoms with van der Waals surface area (Å²) in [6, 6.07) is 16.1. The van der Waals surface area contributed by atoms with Gasteiger partial charge in [0.2, 0.25) is 5.91 Å². The Morgan fingerprint density at radius 2 is 1.67 bits per heavy atom. The number of anilines is 1. The zero-order valence-electron chi connectivity index (χ0n) is 17.9. The Labute approximate surface area is 196 Å². The summed E-state index contributed by atoms with van der Waals surface area (Å²) in [5.41, 5.74) is 0.516. The number of methoxy groups -OCH3 is 2. The first-order valence-corrected chi connectivity index (χ1v) is 11.6. The van der Waals surface area contributed by atoms with Gasteiger partial charge in [0, 0.05) is 17.6 Å². The van der Waals surface area contributed by atoms with Crippen LogP contribution in [-0.4, -0.2) is 35.1 Å². The maximum atomic E-state index is 14.6. The number of halogens is 2. The normalized spacial score (nSPS) is 11.0. The molecule has 0 saturated heterocycles. The van der Waals surface area contributed by atoms with Crippen LogP contribution in [0, 0.1) is 5.82 Å². The second-order valence-electron chi connectivity index (χ2n) is 6.88. The molecule has 0 heterocycles. The summed E-state index contributed by atoms with van der Waals surface area (Å²) in [6.45, 7) is -0.483. The number of sulfonamides is 1. The molecule has 1 N–H and O–H groups in total. The van der Waals surface area contributed by atoms with Gasteiger partial charge >= 0.3 is 0 Å². The van der Waals surface area contributed by atoms with Crippen molar-refractivity contribution in [3.8, 4) is 11.5 Å². The first-order chi connectivity index (χ1) is 15.8. The van der Waals surface area contributed by atoms with E-state index < -0.39 is 28.3 Å². The van der Waals surface area contributed by atoms with Crippen molar-refractivity contribution in [2.24, 2.45) is 0 Å². The lowest BCUT2D eigenvalue weighted by Crippen LogP contribution is -2.41. The van der Waals surface area contributed by atoms with Crippen molar-refractivity contribution < 1.29 is 27.1 Å². The molecule has 0 aliphatic heterocycles. The van der Waals surface area contributed by atoms with Crippen LogP contribution in [0.3, 0.4) is 0 Å². The van der Waals surface area contributed by atoms with E-state index in [0.29, 0.717) is 10.8 Å². The van der Waals surface area contributed by atoms with Crippen LogP contribution in [0.25, 0.3) is 0 Å². The van der Waals surface area contributed by atoms with Crippen LogP contribution >= 0.6 is 11.6 Å². The summed E-state index contributed by atoms with van der Waals surface area (Å²) in [6.07, 6.45) is 0. The van der Waals surface area contributed by atoms with Crippen molar-refractivity contribution in [3.63, 3.8) is 0 Å². The number of benzene rings is 3. The van der Waals surface area contributed by atoms with E-state index in [0.717, 1.165) is 15.9 Å². The zero-order valence-corrected chi connectivity index (χ0v) is 19.5. The standard InChI is InChI=1S/C23H22ClFN2O5S/c1-31-21-12-11-18(13-22(21)32-2)33(29,30)27(20-6-4-3-5-19(20)25)15-23(28)26-14-16-7-9-17(24)10-8-16/h3-13H,14-15H2,1-2H3,(H,26,28). The molecule has 1 amide bonds. The van der Waals surface area contributed by atoms with Gasteiger partial charge in [-0.3, -0.25) is 9.10 Å². The highest BCUT2D eigenvalue weighted by atomic mass is 35.5. The number of amides is 1. The molecule has 0 unspecified atom stereocenters. The summed E-state index contributed by atoms with van der Waals surface area (Å²) in [5, 5.41) is 3.20. The summed E-state index contributed by atoms with van der Waals surface area (Å²) in [5.74, 6) is -0.891. The van der Waals surface area contributed by atoms with Crippen molar-refractivity contribution in [3.05, 3.63) is 83.1 Å². The van der Waals surface area contributed by atoms with Gasteiger partial charge in [0.1, 0.15) is 12.4 Å². The summed E-state index contributed by atoms with van der Waals surface area (Å²) >= 11 is 5.86. The number of nitrogens with zero attached hydrogens (tertiary/aromatic N) is 1. The minimum atomic E-state index is -4.34. The van der Waals surface area contributed by atoms with Crippen LogP contribution in [0.4, 0.5) is 10.1 Å². The molecule has 3 aromatic rings. The van der Waals surface area contributed by atoms with Gasteiger partial charge in [-0.1, -0.05) is 35.9 Å². The lowest BCUT2D eigenvalue weighted by Gasteiger charge is -2.25. The second kappa shape index (κ2) is 10.5.